The number of hydrogen-bond donors (Lipinski definition) is 2. The van der Waals surface area contributed by atoms with Gasteiger partial charge in [0.25, 0.3) is 0 Å². The molecule has 5 nitrogen and oxygen atoms in total. The molecule has 1 aromatic rings. The van der Waals surface area contributed by atoms with Crippen LogP contribution < -0.4 is 10.6 Å². The summed E-state index contributed by atoms with van der Waals surface area (Å²) < 4.78 is 5.91. The van der Waals surface area contributed by atoms with E-state index in [2.05, 4.69) is 26.6 Å². The van der Waals surface area contributed by atoms with Crippen LogP contribution in [0.3, 0.4) is 0 Å². The molecule has 0 heterocycles. The topological polar surface area (TPSA) is 67.4 Å². The summed E-state index contributed by atoms with van der Waals surface area (Å²) in [5.74, 6) is 0.116. The Labute approximate surface area is 151 Å². The van der Waals surface area contributed by atoms with E-state index in [-0.39, 0.29) is 23.7 Å². The smallest absolute Gasteiger partial charge is 0.227 e. The Bertz CT molecular complexity index is 584. The van der Waals surface area contributed by atoms with Gasteiger partial charge in [-0.15, -0.1) is 0 Å². The van der Waals surface area contributed by atoms with Gasteiger partial charge in [-0.3, -0.25) is 9.59 Å². The number of carbonyl (C=O) groups excluding carboxylic acids is 2. The third kappa shape index (κ3) is 5.31. The van der Waals surface area contributed by atoms with Crippen LogP contribution in [0, 0.1) is 18.8 Å². The first-order valence-electron chi connectivity index (χ1n) is 8.35. The molecule has 0 radical (unpaired) electrons. The van der Waals surface area contributed by atoms with Crippen LogP contribution in [0.15, 0.2) is 22.7 Å². The Balaban J connectivity index is 1.79. The summed E-state index contributed by atoms with van der Waals surface area (Å²) in [4.78, 5) is 24.4. The fraction of sp³-hybridized carbons (Fsp3) is 0.556. The molecule has 1 aliphatic rings. The highest BCUT2D eigenvalue weighted by Gasteiger charge is 2.29. The Morgan fingerprint density at radius 2 is 1.79 bits per heavy atom. The normalized spacial score (nSPS) is 20.5. The zero-order chi connectivity index (χ0) is 17.5. The Kier molecular flexibility index (Phi) is 7.24. The summed E-state index contributed by atoms with van der Waals surface area (Å²) in [6, 6.07) is 5.80. The second kappa shape index (κ2) is 9.18. The Morgan fingerprint density at radius 1 is 1.17 bits per heavy atom. The van der Waals surface area contributed by atoms with Crippen molar-refractivity contribution in [3.63, 3.8) is 0 Å². The van der Waals surface area contributed by atoms with Gasteiger partial charge in [-0.25, -0.2) is 0 Å². The first-order valence-corrected chi connectivity index (χ1v) is 9.14. The van der Waals surface area contributed by atoms with Gasteiger partial charge in [-0.05, 0) is 50.3 Å². The summed E-state index contributed by atoms with van der Waals surface area (Å²) in [5, 5.41) is 5.86. The number of halogens is 1. The maximum absolute atomic E-state index is 12.4. The fourth-order valence-electron chi connectivity index (χ4n) is 2.95. The zero-order valence-corrected chi connectivity index (χ0v) is 15.8. The molecule has 2 amide bonds. The highest BCUT2D eigenvalue weighted by molar-refractivity contribution is 9.10. The Morgan fingerprint density at radius 3 is 2.38 bits per heavy atom. The molecule has 0 bridgehead atoms. The number of hydrogen-bond acceptors (Lipinski definition) is 3. The van der Waals surface area contributed by atoms with Crippen LogP contribution in [0.5, 0.6) is 0 Å². The molecule has 2 N–H and O–H groups in total. The number of ether oxygens (including phenoxy) is 1. The van der Waals surface area contributed by atoms with Crippen molar-refractivity contribution in [3.05, 3.63) is 28.2 Å². The number of benzene rings is 1. The van der Waals surface area contributed by atoms with Crippen molar-refractivity contribution in [2.24, 2.45) is 11.8 Å². The van der Waals surface area contributed by atoms with E-state index in [1.54, 1.807) is 7.11 Å². The molecule has 24 heavy (non-hydrogen) atoms. The van der Waals surface area contributed by atoms with Gasteiger partial charge < -0.3 is 15.4 Å². The number of nitrogens with one attached hydrogen (secondary N) is 2. The summed E-state index contributed by atoms with van der Waals surface area (Å²) in [7, 11) is 1.61. The van der Waals surface area contributed by atoms with Crippen molar-refractivity contribution in [2.45, 2.75) is 32.6 Å². The minimum absolute atomic E-state index is 0.0134. The van der Waals surface area contributed by atoms with Crippen molar-refractivity contribution >= 4 is 33.4 Å². The summed E-state index contributed by atoms with van der Waals surface area (Å²) >= 11 is 3.48. The molecule has 1 aromatic carbocycles. The number of amides is 2. The molecule has 1 aliphatic carbocycles. The third-order valence-corrected chi connectivity index (χ3v) is 5.37. The van der Waals surface area contributed by atoms with Crippen molar-refractivity contribution in [1.29, 1.82) is 0 Å². The van der Waals surface area contributed by atoms with Gasteiger partial charge in [0.15, 0.2) is 0 Å². The van der Waals surface area contributed by atoms with Gasteiger partial charge in [-0.2, -0.15) is 0 Å². The summed E-state index contributed by atoms with van der Waals surface area (Å²) in [5.41, 5.74) is 1.94. The van der Waals surface area contributed by atoms with Crippen LogP contribution >= 0.6 is 15.9 Å². The average molecular weight is 397 g/mol. The monoisotopic (exact) mass is 396 g/mol. The van der Waals surface area contributed by atoms with Crippen LogP contribution in [0.4, 0.5) is 5.69 Å². The molecule has 0 saturated heterocycles. The van der Waals surface area contributed by atoms with Gasteiger partial charge >= 0.3 is 0 Å². The van der Waals surface area contributed by atoms with E-state index in [9.17, 15) is 9.59 Å². The predicted molar refractivity (Wildman–Crippen MR) is 97.8 cm³/mol. The molecular weight excluding hydrogens is 372 g/mol. The van der Waals surface area contributed by atoms with Crippen LogP contribution in [0.1, 0.15) is 31.2 Å². The lowest BCUT2D eigenvalue weighted by molar-refractivity contribution is -0.128. The fourth-order valence-corrected chi connectivity index (χ4v) is 3.33. The van der Waals surface area contributed by atoms with Crippen LogP contribution in [0.25, 0.3) is 0 Å². The minimum atomic E-state index is -0.0203. The van der Waals surface area contributed by atoms with Crippen molar-refractivity contribution in [2.75, 3.05) is 25.6 Å². The lowest BCUT2D eigenvalue weighted by atomic mass is 9.81. The van der Waals surface area contributed by atoms with E-state index in [0.717, 1.165) is 41.4 Å². The highest BCUT2D eigenvalue weighted by Crippen LogP contribution is 2.30. The first kappa shape index (κ1) is 18.9. The molecule has 0 aliphatic heterocycles. The largest absolute Gasteiger partial charge is 0.383 e. The van der Waals surface area contributed by atoms with Crippen molar-refractivity contribution < 1.29 is 14.3 Å². The average Bonchev–Trinajstić information content (AvgIpc) is 2.58. The molecule has 0 aromatic heterocycles. The maximum atomic E-state index is 12.4. The molecule has 0 spiro atoms. The first-order chi connectivity index (χ1) is 11.5. The second-order valence-corrected chi connectivity index (χ2v) is 7.14. The van der Waals surface area contributed by atoms with Gasteiger partial charge in [0, 0.05) is 35.7 Å². The quantitative estimate of drug-likeness (QED) is 0.725. The second-order valence-electron chi connectivity index (χ2n) is 6.29. The molecule has 1 fully saturated rings. The maximum Gasteiger partial charge on any atom is 0.227 e. The lowest BCUT2D eigenvalue weighted by Crippen LogP contribution is -2.36. The van der Waals surface area contributed by atoms with E-state index in [4.69, 9.17) is 4.74 Å². The van der Waals surface area contributed by atoms with E-state index in [1.165, 1.54) is 0 Å². The number of aryl methyl sites for hydroxylation is 1. The van der Waals surface area contributed by atoms with Crippen LogP contribution in [0.2, 0.25) is 0 Å². The molecule has 6 heteroatoms. The summed E-state index contributed by atoms with van der Waals surface area (Å²) in [6.45, 7) is 3.07. The molecule has 0 atom stereocenters. The molecule has 132 valence electrons. The highest BCUT2D eigenvalue weighted by atomic mass is 79.9. The van der Waals surface area contributed by atoms with Gasteiger partial charge in [0.05, 0.1) is 6.61 Å². The minimum Gasteiger partial charge on any atom is -0.383 e. The van der Waals surface area contributed by atoms with E-state index in [0.29, 0.717) is 13.2 Å². The van der Waals surface area contributed by atoms with Gasteiger partial charge in [-0.1, -0.05) is 22.0 Å². The molecule has 2 rings (SSSR count). The lowest BCUT2D eigenvalue weighted by Gasteiger charge is -2.27. The standard InChI is InChI=1S/C18H25BrN2O3/c1-12-3-8-15(11-16(12)19)21-18(23)14-6-4-13(5-7-14)17(22)20-9-10-24-2/h3,8,11,13-14H,4-7,9-10H2,1-2H3,(H,20,22)(H,21,23). The van der Waals surface area contributed by atoms with Gasteiger partial charge in [0.1, 0.15) is 0 Å². The number of rotatable bonds is 6. The molecule has 0 unspecified atom stereocenters. The number of methoxy groups -OCH3 is 1. The van der Waals surface area contributed by atoms with E-state index < -0.39 is 0 Å². The zero-order valence-electron chi connectivity index (χ0n) is 14.2. The van der Waals surface area contributed by atoms with E-state index in [1.807, 2.05) is 25.1 Å². The molecular formula is C18H25BrN2O3. The van der Waals surface area contributed by atoms with Crippen LogP contribution in [-0.4, -0.2) is 32.1 Å². The number of carbonyl (C=O) groups is 2. The van der Waals surface area contributed by atoms with Crippen molar-refractivity contribution in [1.82, 2.24) is 5.32 Å². The third-order valence-electron chi connectivity index (χ3n) is 4.51. The number of anilines is 1. The van der Waals surface area contributed by atoms with E-state index >= 15 is 0 Å². The van der Waals surface area contributed by atoms with Crippen molar-refractivity contribution in [3.8, 4) is 0 Å². The molecule has 1 saturated carbocycles. The van der Waals surface area contributed by atoms with Crippen LogP contribution in [-0.2, 0) is 14.3 Å². The SMILES string of the molecule is COCCNC(=O)C1CCC(C(=O)Nc2ccc(C)c(Br)c2)CC1. The summed E-state index contributed by atoms with van der Waals surface area (Å²) in [6.07, 6.45) is 3.02. The Hall–Kier alpha value is -1.40. The predicted octanol–water partition coefficient (Wildman–Crippen LogP) is 3.27. The van der Waals surface area contributed by atoms with Gasteiger partial charge in [0.2, 0.25) is 11.8 Å².